The van der Waals surface area contributed by atoms with Crippen molar-refractivity contribution in [2.45, 2.75) is 76.4 Å². The standard InChI is InChI=1S/C29H39N3O3/c33-29(34)28(25-11-2-4-13-27(25)31-17-6-7-18-31)32-19-16-24(21-32)35-20-8-5-10-23-15-14-22-9-1-3-12-26(22)30-23/h2,4,11,13-15,24,28H,1,3,5-10,12,16-21H2,(H,33,34)/t24-,28-/m1/s1. The number of carboxylic acid groups (broad SMARTS) is 1. The molecule has 2 fully saturated rings. The summed E-state index contributed by atoms with van der Waals surface area (Å²) in [6.45, 7) is 4.18. The molecule has 3 heterocycles. The highest BCUT2D eigenvalue weighted by molar-refractivity contribution is 5.79. The first kappa shape index (κ1) is 24.3. The number of carbonyl (C=O) groups is 1. The van der Waals surface area contributed by atoms with Crippen LogP contribution in [0.3, 0.4) is 0 Å². The predicted octanol–water partition coefficient (Wildman–Crippen LogP) is 4.80. The minimum atomic E-state index is -0.769. The van der Waals surface area contributed by atoms with Crippen LogP contribution in [0.1, 0.15) is 73.5 Å². The van der Waals surface area contributed by atoms with E-state index in [0.29, 0.717) is 6.54 Å². The zero-order chi connectivity index (χ0) is 24.0. The first-order chi connectivity index (χ1) is 17.2. The fourth-order valence-electron chi connectivity index (χ4n) is 6.00. The van der Waals surface area contributed by atoms with Gasteiger partial charge in [-0.15, -0.1) is 0 Å². The van der Waals surface area contributed by atoms with Crippen molar-refractivity contribution in [1.29, 1.82) is 0 Å². The van der Waals surface area contributed by atoms with Crippen LogP contribution in [0, 0.1) is 0 Å². The Labute approximate surface area is 209 Å². The van der Waals surface area contributed by atoms with Gasteiger partial charge in [0.2, 0.25) is 0 Å². The molecule has 1 aliphatic carbocycles. The third-order valence-electron chi connectivity index (χ3n) is 7.87. The summed E-state index contributed by atoms with van der Waals surface area (Å²) in [5.41, 5.74) is 5.96. The van der Waals surface area contributed by atoms with Crippen LogP contribution >= 0.6 is 0 Å². The van der Waals surface area contributed by atoms with Gasteiger partial charge in [-0.3, -0.25) is 14.7 Å². The number of hydrogen-bond donors (Lipinski definition) is 1. The second kappa shape index (κ2) is 11.5. The van der Waals surface area contributed by atoms with Crippen molar-refractivity contribution in [3.8, 4) is 0 Å². The number of carboxylic acids is 1. The average Bonchev–Trinajstić information content (AvgIpc) is 3.57. The number of aromatic nitrogens is 1. The third kappa shape index (κ3) is 5.87. The number of benzene rings is 1. The van der Waals surface area contributed by atoms with E-state index in [1.165, 1.54) is 49.1 Å². The lowest BCUT2D eigenvalue weighted by Crippen LogP contribution is -2.35. The molecule has 0 radical (unpaired) electrons. The van der Waals surface area contributed by atoms with E-state index in [4.69, 9.17) is 9.72 Å². The summed E-state index contributed by atoms with van der Waals surface area (Å²) < 4.78 is 6.19. The van der Waals surface area contributed by atoms with Crippen LogP contribution < -0.4 is 4.90 Å². The van der Waals surface area contributed by atoms with Crippen molar-refractivity contribution in [2.75, 3.05) is 37.7 Å². The second-order valence-corrected chi connectivity index (χ2v) is 10.3. The maximum absolute atomic E-state index is 12.4. The Hall–Kier alpha value is -2.44. The first-order valence-electron chi connectivity index (χ1n) is 13.6. The summed E-state index contributed by atoms with van der Waals surface area (Å²) in [4.78, 5) is 21.7. The smallest absolute Gasteiger partial charge is 0.325 e. The maximum atomic E-state index is 12.4. The minimum absolute atomic E-state index is 0.109. The number of hydrogen-bond acceptors (Lipinski definition) is 5. The van der Waals surface area contributed by atoms with Crippen LogP contribution in [0.2, 0.25) is 0 Å². The van der Waals surface area contributed by atoms with E-state index in [2.05, 4.69) is 28.0 Å². The van der Waals surface area contributed by atoms with Gasteiger partial charge < -0.3 is 14.7 Å². The van der Waals surface area contributed by atoms with E-state index < -0.39 is 12.0 Å². The molecule has 0 bridgehead atoms. The number of rotatable bonds is 10. The Morgan fingerprint density at radius 3 is 2.71 bits per heavy atom. The van der Waals surface area contributed by atoms with Crippen molar-refractivity contribution in [3.05, 3.63) is 58.9 Å². The van der Waals surface area contributed by atoms with Crippen LogP contribution in [0.15, 0.2) is 36.4 Å². The van der Waals surface area contributed by atoms with E-state index in [-0.39, 0.29) is 6.10 Å². The lowest BCUT2D eigenvalue weighted by molar-refractivity contribution is -0.143. The Bertz CT molecular complexity index is 1000. The van der Waals surface area contributed by atoms with Gasteiger partial charge >= 0.3 is 5.97 Å². The second-order valence-electron chi connectivity index (χ2n) is 10.3. The lowest BCUT2D eigenvalue weighted by atomic mass is 9.95. The summed E-state index contributed by atoms with van der Waals surface area (Å²) in [6, 6.07) is 11.9. The molecule has 2 aromatic rings. The van der Waals surface area contributed by atoms with Crippen molar-refractivity contribution in [3.63, 3.8) is 0 Å². The fourth-order valence-corrected chi connectivity index (χ4v) is 6.00. The Kier molecular flexibility index (Phi) is 7.99. The molecule has 188 valence electrons. The molecule has 0 saturated carbocycles. The minimum Gasteiger partial charge on any atom is -0.480 e. The van der Waals surface area contributed by atoms with Crippen LogP contribution in [-0.2, 0) is 28.8 Å². The van der Waals surface area contributed by atoms with Crippen LogP contribution in [-0.4, -0.2) is 59.8 Å². The van der Waals surface area contributed by atoms with Gasteiger partial charge in [-0.05, 0) is 81.9 Å². The third-order valence-corrected chi connectivity index (χ3v) is 7.87. The molecule has 6 nitrogen and oxygen atoms in total. The first-order valence-corrected chi connectivity index (χ1v) is 13.6. The van der Waals surface area contributed by atoms with Gasteiger partial charge in [-0.1, -0.05) is 24.3 Å². The number of pyridine rings is 1. The quantitative estimate of drug-likeness (QED) is 0.496. The summed E-state index contributed by atoms with van der Waals surface area (Å²) >= 11 is 0. The van der Waals surface area contributed by atoms with Gasteiger partial charge in [0.05, 0.1) is 6.10 Å². The van der Waals surface area contributed by atoms with Crippen molar-refractivity contribution < 1.29 is 14.6 Å². The van der Waals surface area contributed by atoms with E-state index in [1.807, 2.05) is 18.2 Å². The molecule has 3 aliphatic rings. The van der Waals surface area contributed by atoms with E-state index in [9.17, 15) is 9.90 Å². The number of aryl methyl sites for hydroxylation is 3. The molecule has 2 saturated heterocycles. The summed E-state index contributed by atoms with van der Waals surface area (Å²) in [7, 11) is 0. The molecule has 1 aromatic heterocycles. The molecule has 1 aromatic carbocycles. The molecular formula is C29H39N3O3. The van der Waals surface area contributed by atoms with Crippen LogP contribution in [0.25, 0.3) is 0 Å². The Morgan fingerprint density at radius 1 is 1.03 bits per heavy atom. The molecule has 0 spiro atoms. The van der Waals surface area contributed by atoms with Gasteiger partial charge in [0.15, 0.2) is 0 Å². The summed E-state index contributed by atoms with van der Waals surface area (Å²) in [5.74, 6) is -0.769. The Balaban J connectivity index is 1.10. The largest absolute Gasteiger partial charge is 0.480 e. The number of fused-ring (bicyclic) bond motifs is 1. The normalized spacial score (nSPS) is 21.3. The predicted molar refractivity (Wildman–Crippen MR) is 138 cm³/mol. The summed E-state index contributed by atoms with van der Waals surface area (Å²) in [5, 5.41) is 10.2. The van der Waals surface area contributed by atoms with Gasteiger partial charge in [-0.2, -0.15) is 0 Å². The number of ether oxygens (including phenoxy) is 1. The number of nitrogens with zero attached hydrogens (tertiary/aromatic N) is 3. The number of anilines is 1. The van der Waals surface area contributed by atoms with Crippen molar-refractivity contribution >= 4 is 11.7 Å². The average molecular weight is 478 g/mol. The van der Waals surface area contributed by atoms with Gasteiger partial charge in [0.25, 0.3) is 0 Å². The van der Waals surface area contributed by atoms with Gasteiger partial charge in [0.1, 0.15) is 6.04 Å². The Morgan fingerprint density at radius 2 is 1.86 bits per heavy atom. The maximum Gasteiger partial charge on any atom is 0.325 e. The highest BCUT2D eigenvalue weighted by Crippen LogP contribution is 2.34. The van der Waals surface area contributed by atoms with Crippen molar-refractivity contribution in [2.24, 2.45) is 0 Å². The van der Waals surface area contributed by atoms with E-state index >= 15 is 0 Å². The highest BCUT2D eigenvalue weighted by atomic mass is 16.5. The molecule has 5 rings (SSSR count). The molecule has 2 aliphatic heterocycles. The monoisotopic (exact) mass is 477 g/mol. The molecule has 0 amide bonds. The molecule has 6 heteroatoms. The van der Waals surface area contributed by atoms with Crippen LogP contribution in [0.4, 0.5) is 5.69 Å². The number of likely N-dealkylation sites (tertiary alicyclic amines) is 1. The lowest BCUT2D eigenvalue weighted by Gasteiger charge is -2.29. The number of unbranched alkanes of at least 4 members (excludes halogenated alkanes) is 1. The van der Waals surface area contributed by atoms with Gasteiger partial charge in [-0.25, -0.2) is 0 Å². The van der Waals surface area contributed by atoms with E-state index in [1.54, 1.807) is 0 Å². The molecular weight excluding hydrogens is 438 g/mol. The molecule has 1 N–H and O–H groups in total. The summed E-state index contributed by atoms with van der Waals surface area (Å²) in [6.07, 6.45) is 11.3. The number of aliphatic carboxylic acids is 1. The van der Waals surface area contributed by atoms with E-state index in [0.717, 1.165) is 69.6 Å². The zero-order valence-corrected chi connectivity index (χ0v) is 20.8. The molecule has 35 heavy (non-hydrogen) atoms. The van der Waals surface area contributed by atoms with Gasteiger partial charge in [0, 0.05) is 55.4 Å². The number of para-hydroxylation sites is 1. The van der Waals surface area contributed by atoms with Crippen LogP contribution in [0.5, 0.6) is 0 Å². The molecule has 0 unspecified atom stereocenters. The van der Waals surface area contributed by atoms with Crippen molar-refractivity contribution in [1.82, 2.24) is 9.88 Å². The molecule has 2 atom stereocenters. The zero-order valence-electron chi connectivity index (χ0n) is 20.8. The SMILES string of the molecule is O=C(O)[C@@H](c1ccccc1N1CCCC1)N1CC[C@@H](OCCCCc2ccc3c(n2)CCCC3)C1. The fraction of sp³-hybridized carbons (Fsp3) is 0.586. The topological polar surface area (TPSA) is 65.9 Å². The highest BCUT2D eigenvalue weighted by Gasteiger charge is 2.36.